The number of aliphatic imine (C=N–C) groups is 1. The Morgan fingerprint density at radius 3 is 2.49 bits per heavy atom. The Morgan fingerprint density at radius 1 is 1.09 bits per heavy atom. The third-order valence-corrected chi connectivity index (χ3v) is 7.32. The Bertz CT molecular complexity index is 1620. The number of carbonyl (C=O) groups excluding carboxylic acids is 1. The predicted molar refractivity (Wildman–Crippen MR) is 154 cm³/mol. The van der Waals surface area contributed by atoms with Crippen LogP contribution in [0.3, 0.4) is 0 Å². The van der Waals surface area contributed by atoms with E-state index in [9.17, 15) is 27.5 Å². The molecule has 1 fully saturated rings. The number of nitrogens with one attached hydrogen (secondary N) is 1. The molecule has 1 aliphatic rings. The molecule has 5 rings (SSSR count). The van der Waals surface area contributed by atoms with Gasteiger partial charge in [0.1, 0.15) is 17.9 Å². The highest BCUT2D eigenvalue weighted by Gasteiger charge is 2.33. The van der Waals surface area contributed by atoms with Gasteiger partial charge in [0.2, 0.25) is 12.3 Å². The second kappa shape index (κ2) is 12.5. The third-order valence-electron chi connectivity index (χ3n) is 6.38. The number of aromatic nitrogens is 3. The lowest BCUT2D eigenvalue weighted by Crippen LogP contribution is -2.34. The van der Waals surface area contributed by atoms with Gasteiger partial charge >= 0.3 is 6.36 Å². The second-order valence-corrected chi connectivity index (χ2v) is 10.7. The Labute approximate surface area is 248 Å². The van der Waals surface area contributed by atoms with E-state index in [0.717, 1.165) is 5.56 Å². The van der Waals surface area contributed by atoms with Gasteiger partial charge in [-0.05, 0) is 59.5 Å². The fourth-order valence-corrected chi connectivity index (χ4v) is 5.22. The van der Waals surface area contributed by atoms with Gasteiger partial charge in [0.05, 0.1) is 17.1 Å². The number of carbonyl (C=O) groups is 1. The normalized spacial score (nSPS) is 15.5. The summed E-state index contributed by atoms with van der Waals surface area (Å²) in [5.74, 6) is -0.402. The smallest absolute Gasteiger partial charge is 0.406 e. The molecule has 0 spiro atoms. The Hall–Kier alpha value is -4.27. The molecule has 4 aromatic rings. The lowest BCUT2D eigenvalue weighted by atomic mass is 10.0. The number of alkyl halides is 3. The number of ether oxygens (including phenoxy) is 1. The summed E-state index contributed by atoms with van der Waals surface area (Å²) >= 11 is 1.20. The summed E-state index contributed by atoms with van der Waals surface area (Å²) in [5.41, 5.74) is 3.24. The van der Waals surface area contributed by atoms with E-state index >= 15 is 0 Å². The van der Waals surface area contributed by atoms with Gasteiger partial charge in [-0.3, -0.25) is 15.0 Å². The molecule has 224 valence electrons. The van der Waals surface area contributed by atoms with Crippen molar-refractivity contribution in [2.24, 2.45) is 4.99 Å². The van der Waals surface area contributed by atoms with E-state index in [2.05, 4.69) is 25.1 Å². The maximum Gasteiger partial charge on any atom is 0.573 e. The molecule has 43 heavy (non-hydrogen) atoms. The van der Waals surface area contributed by atoms with Gasteiger partial charge in [0.25, 0.3) is 0 Å². The highest BCUT2D eigenvalue weighted by atomic mass is 32.2. The lowest BCUT2D eigenvalue weighted by Gasteiger charge is -2.22. The standard InChI is InChI=1S/C29H26F4N6O3S/c1-17(2)23-13-20(30)7-12-24(23)39-25(40)15-43-28(39)36-27(41)34-14-18-3-5-19(6-4-18)26-35-16-38(37-26)21-8-10-22(11-9-21)42-29(31,32)33/h3-13,16-17,27,34,41H,14-15H2,1-2H3. The van der Waals surface area contributed by atoms with Crippen LogP contribution in [0.5, 0.6) is 5.75 Å². The van der Waals surface area contributed by atoms with Crippen LogP contribution in [0.15, 0.2) is 78.0 Å². The van der Waals surface area contributed by atoms with Crippen molar-refractivity contribution in [3.8, 4) is 22.8 Å². The Kier molecular flexibility index (Phi) is 8.80. The Balaban J connectivity index is 1.21. The van der Waals surface area contributed by atoms with E-state index in [1.165, 1.54) is 64.1 Å². The summed E-state index contributed by atoms with van der Waals surface area (Å²) in [6.45, 7) is 4.08. The molecule has 1 aromatic heterocycles. The zero-order valence-corrected chi connectivity index (χ0v) is 23.7. The van der Waals surface area contributed by atoms with Crippen molar-refractivity contribution in [3.63, 3.8) is 0 Å². The minimum atomic E-state index is -4.77. The Morgan fingerprint density at radius 2 is 1.81 bits per heavy atom. The van der Waals surface area contributed by atoms with Crippen LogP contribution in [0.2, 0.25) is 0 Å². The number of amides is 1. The number of aliphatic hydroxyl groups is 1. The summed E-state index contributed by atoms with van der Waals surface area (Å²) in [4.78, 5) is 22.7. The summed E-state index contributed by atoms with van der Waals surface area (Å²) in [5, 5.41) is 18.2. The van der Waals surface area contributed by atoms with E-state index in [1.807, 2.05) is 26.0 Å². The maximum atomic E-state index is 13.9. The van der Waals surface area contributed by atoms with Crippen LogP contribution >= 0.6 is 11.8 Å². The van der Waals surface area contributed by atoms with Crippen molar-refractivity contribution in [2.45, 2.75) is 39.0 Å². The van der Waals surface area contributed by atoms with Gasteiger partial charge in [-0.15, -0.1) is 18.3 Å². The molecule has 1 unspecified atom stereocenters. The molecule has 0 radical (unpaired) electrons. The fourth-order valence-electron chi connectivity index (χ4n) is 4.34. The second-order valence-electron chi connectivity index (χ2n) is 9.79. The maximum absolute atomic E-state index is 13.9. The number of rotatable bonds is 9. The SMILES string of the molecule is CC(C)c1cc(F)ccc1N1C(=O)CSC1=NC(O)NCc1ccc(-c2ncn(-c3ccc(OC(F)(F)F)cc3)n2)cc1. The number of amidine groups is 1. The first-order valence-corrected chi connectivity index (χ1v) is 14.1. The molecule has 1 atom stereocenters. The molecular weight excluding hydrogens is 588 g/mol. The quantitative estimate of drug-likeness (QED) is 0.187. The van der Waals surface area contributed by atoms with Gasteiger partial charge < -0.3 is 9.84 Å². The molecule has 1 saturated heterocycles. The number of anilines is 1. The monoisotopic (exact) mass is 614 g/mol. The molecule has 0 bridgehead atoms. The van der Waals surface area contributed by atoms with Crippen molar-refractivity contribution in [3.05, 3.63) is 90.0 Å². The first-order valence-electron chi connectivity index (χ1n) is 13.1. The number of hydrogen-bond donors (Lipinski definition) is 2. The molecule has 9 nitrogen and oxygen atoms in total. The zero-order chi connectivity index (χ0) is 30.7. The van der Waals surface area contributed by atoms with Crippen LogP contribution in [-0.2, 0) is 11.3 Å². The number of benzene rings is 3. The van der Waals surface area contributed by atoms with Crippen LogP contribution in [-0.4, -0.2) is 49.4 Å². The number of thioether (sulfide) groups is 1. The third kappa shape index (κ3) is 7.39. The van der Waals surface area contributed by atoms with Crippen molar-refractivity contribution in [2.75, 3.05) is 10.7 Å². The van der Waals surface area contributed by atoms with Gasteiger partial charge in [0.15, 0.2) is 11.0 Å². The summed E-state index contributed by atoms with van der Waals surface area (Å²) in [6, 6.07) is 16.7. The summed E-state index contributed by atoms with van der Waals surface area (Å²) < 4.78 is 56.4. The molecule has 1 amide bonds. The van der Waals surface area contributed by atoms with Crippen LogP contribution in [0.25, 0.3) is 17.1 Å². The molecule has 2 heterocycles. The van der Waals surface area contributed by atoms with Gasteiger partial charge in [0, 0.05) is 12.1 Å². The lowest BCUT2D eigenvalue weighted by molar-refractivity contribution is -0.274. The molecule has 2 N–H and O–H groups in total. The highest BCUT2D eigenvalue weighted by Crippen LogP contribution is 2.34. The molecule has 14 heteroatoms. The zero-order valence-electron chi connectivity index (χ0n) is 22.9. The minimum Gasteiger partial charge on any atom is -0.406 e. The summed E-state index contributed by atoms with van der Waals surface area (Å²) in [6.07, 6.45) is -4.62. The van der Waals surface area contributed by atoms with Crippen LogP contribution in [0.4, 0.5) is 23.2 Å². The van der Waals surface area contributed by atoms with Crippen molar-refractivity contribution in [1.82, 2.24) is 20.1 Å². The predicted octanol–water partition coefficient (Wildman–Crippen LogP) is 5.60. The number of hydrogen-bond acceptors (Lipinski definition) is 8. The molecule has 1 aliphatic heterocycles. The summed E-state index contributed by atoms with van der Waals surface area (Å²) in [7, 11) is 0. The number of nitrogens with zero attached hydrogens (tertiary/aromatic N) is 5. The van der Waals surface area contributed by atoms with Crippen LogP contribution < -0.4 is 15.0 Å². The van der Waals surface area contributed by atoms with Crippen molar-refractivity contribution in [1.29, 1.82) is 0 Å². The average molecular weight is 615 g/mol. The average Bonchev–Trinajstić information content (AvgIpc) is 3.59. The van der Waals surface area contributed by atoms with Gasteiger partial charge in [-0.25, -0.2) is 19.0 Å². The molecule has 3 aromatic carbocycles. The van der Waals surface area contributed by atoms with Crippen LogP contribution in [0, 0.1) is 5.82 Å². The first kappa shape index (κ1) is 30.2. The fraction of sp³-hybridized carbons (Fsp3) is 0.241. The number of halogens is 4. The largest absolute Gasteiger partial charge is 0.573 e. The van der Waals surface area contributed by atoms with Crippen molar-refractivity contribution < 1.29 is 32.2 Å². The van der Waals surface area contributed by atoms with Crippen LogP contribution in [0.1, 0.15) is 30.9 Å². The van der Waals surface area contributed by atoms with E-state index in [0.29, 0.717) is 33.5 Å². The topological polar surface area (TPSA) is 105 Å². The molecule has 0 saturated carbocycles. The van der Waals surface area contributed by atoms with Gasteiger partial charge in [-0.1, -0.05) is 49.9 Å². The highest BCUT2D eigenvalue weighted by molar-refractivity contribution is 8.15. The first-order chi connectivity index (χ1) is 20.5. The van der Waals surface area contributed by atoms with E-state index in [-0.39, 0.29) is 29.9 Å². The molecule has 0 aliphatic carbocycles. The van der Waals surface area contributed by atoms with Crippen molar-refractivity contribution >= 4 is 28.5 Å². The molecular formula is C29H26F4N6O3S. The van der Waals surface area contributed by atoms with Gasteiger partial charge in [-0.2, -0.15) is 0 Å². The van der Waals surface area contributed by atoms with E-state index in [1.54, 1.807) is 18.2 Å². The number of aliphatic hydroxyl groups excluding tert-OH is 1. The van der Waals surface area contributed by atoms with E-state index in [4.69, 9.17) is 0 Å². The van der Waals surface area contributed by atoms with E-state index < -0.39 is 18.5 Å². The minimum absolute atomic E-state index is 0.0337.